The zero-order chi connectivity index (χ0) is 23.0. The summed E-state index contributed by atoms with van der Waals surface area (Å²) in [5.41, 5.74) is 1.22. The summed E-state index contributed by atoms with van der Waals surface area (Å²) in [5.74, 6) is -0.392. The maximum Gasteiger partial charge on any atom is 0.264 e. The van der Waals surface area contributed by atoms with Crippen LogP contribution in [0.2, 0.25) is 0 Å². The number of fused-ring (bicyclic) bond motifs is 6. The van der Waals surface area contributed by atoms with Gasteiger partial charge in [-0.3, -0.25) is 4.79 Å². The number of carbonyl (C=O) groups is 1. The van der Waals surface area contributed by atoms with Gasteiger partial charge in [-0.15, -0.1) is 0 Å². The van der Waals surface area contributed by atoms with Crippen LogP contribution in [0.5, 0.6) is 17.4 Å². The Balaban J connectivity index is 1.71. The largest absolute Gasteiger partial charge is 0.507 e. The predicted molar refractivity (Wildman–Crippen MR) is 121 cm³/mol. The van der Waals surface area contributed by atoms with Crippen molar-refractivity contribution < 1.29 is 23.1 Å². The van der Waals surface area contributed by atoms with Crippen molar-refractivity contribution in [3.05, 3.63) is 84.4 Å². The molecular weight excluding hydrogens is 444 g/mol. The molecular formula is C23H16N4O5S. The number of ether oxygens (including phenoxy) is 1. The summed E-state index contributed by atoms with van der Waals surface area (Å²) in [4.78, 5) is 21.0. The van der Waals surface area contributed by atoms with E-state index in [0.29, 0.717) is 22.6 Å². The van der Waals surface area contributed by atoms with Gasteiger partial charge in [0.2, 0.25) is 11.8 Å². The lowest BCUT2D eigenvalue weighted by molar-refractivity contribution is 0.102. The molecule has 0 atom stereocenters. The number of hydrogen-bond donors (Lipinski definition) is 3. The molecule has 0 saturated heterocycles. The average Bonchev–Trinajstić information content (AvgIpc) is 2.79. The molecule has 6 bridgehead atoms. The number of rotatable bonds is 1. The Morgan fingerprint density at radius 3 is 2.55 bits per heavy atom. The van der Waals surface area contributed by atoms with E-state index < -0.39 is 15.9 Å². The van der Waals surface area contributed by atoms with Gasteiger partial charge in [0.25, 0.3) is 15.9 Å². The maximum atomic E-state index is 13.0. The second-order valence-electron chi connectivity index (χ2n) is 7.15. The van der Waals surface area contributed by atoms with Crippen LogP contribution < -0.4 is 14.8 Å². The van der Waals surface area contributed by atoms with Crippen molar-refractivity contribution >= 4 is 27.6 Å². The minimum absolute atomic E-state index is 0.0179. The number of nitrogens with zero attached hydrogens (tertiary/aromatic N) is 2. The monoisotopic (exact) mass is 460 g/mol. The third kappa shape index (κ3) is 4.19. The number of benzene rings is 3. The summed E-state index contributed by atoms with van der Waals surface area (Å²) in [6.07, 6.45) is 0. The number of anilines is 2. The van der Waals surface area contributed by atoms with Crippen LogP contribution >= 0.6 is 0 Å². The van der Waals surface area contributed by atoms with Gasteiger partial charge in [-0.2, -0.15) is 4.98 Å². The number of phenolic OH excluding ortho intramolecular Hbond substituents is 1. The third-order valence-electron chi connectivity index (χ3n) is 4.83. The zero-order valence-electron chi connectivity index (χ0n) is 16.9. The number of hydrogen-bond acceptors (Lipinski definition) is 7. The number of amides is 1. The van der Waals surface area contributed by atoms with Crippen LogP contribution in [0.15, 0.2) is 83.8 Å². The first-order chi connectivity index (χ1) is 15.9. The summed E-state index contributed by atoms with van der Waals surface area (Å²) >= 11 is 0. The fourth-order valence-corrected chi connectivity index (χ4v) is 4.29. The van der Waals surface area contributed by atoms with Crippen LogP contribution in [0.1, 0.15) is 10.4 Å². The maximum absolute atomic E-state index is 13.0. The topological polar surface area (TPSA) is 131 Å². The van der Waals surface area contributed by atoms with E-state index in [4.69, 9.17) is 4.74 Å². The van der Waals surface area contributed by atoms with Crippen LogP contribution in [0.25, 0.3) is 11.3 Å². The van der Waals surface area contributed by atoms with Gasteiger partial charge >= 0.3 is 0 Å². The van der Waals surface area contributed by atoms with Gasteiger partial charge < -0.3 is 15.2 Å². The van der Waals surface area contributed by atoms with Gasteiger partial charge in [0, 0.05) is 22.9 Å². The van der Waals surface area contributed by atoms with Gasteiger partial charge in [0.05, 0.1) is 10.6 Å². The third-order valence-corrected chi connectivity index (χ3v) is 6.15. The Labute approximate surface area is 188 Å². The van der Waals surface area contributed by atoms with E-state index in [-0.39, 0.29) is 28.2 Å². The van der Waals surface area contributed by atoms with Crippen LogP contribution in [-0.2, 0) is 10.0 Å². The first-order valence-electron chi connectivity index (χ1n) is 9.77. The Morgan fingerprint density at radius 1 is 0.879 bits per heavy atom. The van der Waals surface area contributed by atoms with E-state index >= 15 is 0 Å². The van der Waals surface area contributed by atoms with Crippen molar-refractivity contribution in [2.45, 2.75) is 4.90 Å². The smallest absolute Gasteiger partial charge is 0.264 e. The Morgan fingerprint density at radius 2 is 1.70 bits per heavy atom. The highest BCUT2D eigenvalue weighted by Crippen LogP contribution is 2.32. The van der Waals surface area contributed by atoms with Gasteiger partial charge in [-0.25, -0.2) is 18.1 Å². The standard InChI is InChI=1S/C23H16N4O5S/c28-20-10-2-1-9-18(20)19-13-21-26-23(25-19)27-33(30,31)17-8-4-6-15(12-17)24-22(29)14-5-3-7-16(11-14)32-21/h1-13,28H,(H,24,29)(H,25,26,27). The molecule has 3 aromatic carbocycles. The van der Waals surface area contributed by atoms with Gasteiger partial charge in [-0.05, 0) is 48.5 Å². The minimum atomic E-state index is -4.10. The number of aromatic hydroxyl groups is 1. The molecule has 0 spiro atoms. The Bertz CT molecular complexity index is 1500. The molecule has 5 rings (SSSR count). The molecule has 0 saturated carbocycles. The van der Waals surface area contributed by atoms with Crippen molar-refractivity contribution in [2.75, 3.05) is 10.0 Å². The molecule has 0 aliphatic carbocycles. The highest BCUT2D eigenvalue weighted by atomic mass is 32.2. The lowest BCUT2D eigenvalue weighted by atomic mass is 10.1. The highest BCUT2D eigenvalue weighted by Gasteiger charge is 2.20. The van der Waals surface area contributed by atoms with E-state index in [1.54, 1.807) is 42.5 Å². The first-order valence-corrected chi connectivity index (χ1v) is 11.3. The average molecular weight is 460 g/mol. The fraction of sp³-hybridized carbons (Fsp3) is 0. The second kappa shape index (κ2) is 7.92. The lowest BCUT2D eigenvalue weighted by Crippen LogP contribution is -2.17. The molecule has 0 unspecified atom stereocenters. The molecule has 164 valence electrons. The molecule has 1 aliphatic rings. The Hall–Kier alpha value is -4.44. The number of para-hydroxylation sites is 1. The molecule has 0 radical (unpaired) electrons. The van der Waals surface area contributed by atoms with E-state index in [9.17, 15) is 18.3 Å². The van der Waals surface area contributed by atoms with E-state index in [2.05, 4.69) is 20.0 Å². The van der Waals surface area contributed by atoms with Crippen molar-refractivity contribution in [2.24, 2.45) is 0 Å². The SMILES string of the molecule is O=C1Nc2cccc(c2)S(=O)(=O)Nc2nc(cc(-c3ccccc3O)n2)Oc2cccc1c2. The highest BCUT2D eigenvalue weighted by molar-refractivity contribution is 7.92. The lowest BCUT2D eigenvalue weighted by Gasteiger charge is -2.14. The molecule has 2 heterocycles. The number of carbonyl (C=O) groups excluding carboxylic acids is 1. The molecule has 0 fully saturated rings. The normalized spacial score (nSPS) is 14.2. The van der Waals surface area contributed by atoms with Crippen LogP contribution in [0.4, 0.5) is 11.6 Å². The van der Waals surface area contributed by atoms with Crippen LogP contribution in [0.3, 0.4) is 0 Å². The summed E-state index contributed by atoms with van der Waals surface area (Å²) in [5, 5.41) is 12.9. The second-order valence-corrected chi connectivity index (χ2v) is 8.83. The number of nitrogens with one attached hydrogen (secondary N) is 2. The molecule has 10 heteroatoms. The summed E-state index contributed by atoms with van der Waals surface area (Å²) in [7, 11) is -4.10. The number of sulfonamides is 1. The predicted octanol–water partition coefficient (Wildman–Crippen LogP) is 4.01. The Kier molecular flexibility index (Phi) is 4.91. The van der Waals surface area contributed by atoms with Crippen molar-refractivity contribution in [1.82, 2.24) is 9.97 Å². The molecule has 4 aromatic rings. The molecule has 1 aliphatic heterocycles. The molecule has 33 heavy (non-hydrogen) atoms. The molecule has 3 N–H and O–H groups in total. The van der Waals surface area contributed by atoms with Crippen molar-refractivity contribution in [3.63, 3.8) is 0 Å². The quantitative estimate of drug-likeness (QED) is 0.391. The van der Waals surface area contributed by atoms with E-state index in [1.165, 1.54) is 36.4 Å². The van der Waals surface area contributed by atoms with Crippen LogP contribution in [0, 0.1) is 0 Å². The minimum Gasteiger partial charge on any atom is -0.507 e. The van der Waals surface area contributed by atoms with E-state index in [1.807, 2.05) is 0 Å². The van der Waals surface area contributed by atoms with Gasteiger partial charge in [0.1, 0.15) is 11.5 Å². The molecule has 1 aromatic heterocycles. The molecule has 1 amide bonds. The first kappa shape index (κ1) is 20.5. The van der Waals surface area contributed by atoms with E-state index in [0.717, 1.165) is 0 Å². The van der Waals surface area contributed by atoms with Crippen molar-refractivity contribution in [1.29, 1.82) is 0 Å². The fourth-order valence-electron chi connectivity index (χ4n) is 3.30. The van der Waals surface area contributed by atoms with Gasteiger partial charge in [0.15, 0.2) is 0 Å². The van der Waals surface area contributed by atoms with Gasteiger partial charge in [-0.1, -0.05) is 24.3 Å². The summed E-state index contributed by atoms with van der Waals surface area (Å²) in [6.45, 7) is 0. The van der Waals surface area contributed by atoms with Crippen molar-refractivity contribution in [3.8, 4) is 28.6 Å². The molecule has 9 nitrogen and oxygen atoms in total. The number of phenols is 1. The summed E-state index contributed by atoms with van der Waals surface area (Å²) < 4.78 is 34.2. The number of aromatic nitrogens is 2. The van der Waals surface area contributed by atoms with Crippen LogP contribution in [-0.4, -0.2) is 29.4 Å². The zero-order valence-corrected chi connectivity index (χ0v) is 17.7. The summed E-state index contributed by atoms with van der Waals surface area (Å²) in [6, 6.07) is 20.2.